The number of alkyl halides is 3. The molecule has 25 heavy (non-hydrogen) atoms. The Labute approximate surface area is 152 Å². The number of ketones is 1. The topological polar surface area (TPSA) is 20.3 Å². The molecule has 0 aliphatic rings. The molecule has 0 saturated carbocycles. The van der Waals surface area contributed by atoms with Gasteiger partial charge in [-0.2, -0.15) is 8.78 Å². The molecule has 2 nitrogen and oxygen atoms in total. The summed E-state index contributed by atoms with van der Waals surface area (Å²) in [6.07, 6.45) is 0. The number of nitrogens with zero attached hydrogens (tertiary/aromatic N) is 1. The van der Waals surface area contributed by atoms with Crippen molar-refractivity contribution in [2.75, 3.05) is 4.90 Å². The molecule has 3 rings (SSSR count). The average Bonchev–Trinajstić information content (AvgIpc) is 2.63. The molecule has 5 heteroatoms. The Hall–Kier alpha value is -2.53. The van der Waals surface area contributed by atoms with E-state index in [4.69, 9.17) is 0 Å². The van der Waals surface area contributed by atoms with Gasteiger partial charge >= 0.3 is 4.83 Å². The highest BCUT2D eigenvalue weighted by atomic mass is 79.9. The lowest BCUT2D eigenvalue weighted by Crippen LogP contribution is -2.20. The molecular weight excluding hydrogens is 388 g/mol. The maximum absolute atomic E-state index is 13.1. The van der Waals surface area contributed by atoms with Crippen LogP contribution in [0.3, 0.4) is 0 Å². The number of para-hydroxylation sites is 2. The maximum atomic E-state index is 13.1. The molecular formula is C20H14BrF2NO. The lowest BCUT2D eigenvalue weighted by Gasteiger charge is -2.25. The summed E-state index contributed by atoms with van der Waals surface area (Å²) < 4.78 is 26.3. The highest BCUT2D eigenvalue weighted by molar-refractivity contribution is 9.10. The van der Waals surface area contributed by atoms with Gasteiger partial charge in [0.25, 0.3) is 0 Å². The molecule has 0 N–H and O–H groups in total. The zero-order valence-corrected chi connectivity index (χ0v) is 14.7. The van der Waals surface area contributed by atoms with Crippen LogP contribution in [-0.2, 0) is 0 Å². The number of Topliss-reactive ketones (excluding diaryl/α,β-unsaturated/α-hetero) is 1. The Kier molecular flexibility index (Phi) is 4.95. The van der Waals surface area contributed by atoms with Crippen molar-refractivity contribution in [3.05, 3.63) is 90.5 Å². The summed E-state index contributed by atoms with van der Waals surface area (Å²) in [6.45, 7) is 0. The number of carbonyl (C=O) groups is 1. The zero-order valence-electron chi connectivity index (χ0n) is 13.1. The van der Waals surface area contributed by atoms with Gasteiger partial charge < -0.3 is 4.90 Å². The molecule has 0 amide bonds. The number of anilines is 3. The molecule has 0 heterocycles. The fraction of sp³-hybridized carbons (Fsp3) is 0.0500. The lowest BCUT2D eigenvalue weighted by molar-refractivity contribution is 0.0592. The van der Waals surface area contributed by atoms with Crippen LogP contribution in [0.5, 0.6) is 0 Å². The second kappa shape index (κ2) is 7.15. The number of benzene rings is 3. The van der Waals surface area contributed by atoms with Crippen LogP contribution in [0.25, 0.3) is 0 Å². The van der Waals surface area contributed by atoms with Gasteiger partial charge in [-0.05, 0) is 64.5 Å². The predicted molar refractivity (Wildman–Crippen MR) is 99.3 cm³/mol. The van der Waals surface area contributed by atoms with Crippen LogP contribution < -0.4 is 4.90 Å². The second-order valence-electron chi connectivity index (χ2n) is 5.38. The molecule has 0 fully saturated rings. The minimum Gasteiger partial charge on any atom is -0.311 e. The van der Waals surface area contributed by atoms with Crippen molar-refractivity contribution in [1.82, 2.24) is 0 Å². The molecule has 0 aliphatic heterocycles. The van der Waals surface area contributed by atoms with Gasteiger partial charge in [0, 0.05) is 22.6 Å². The molecule has 3 aromatic carbocycles. The summed E-state index contributed by atoms with van der Waals surface area (Å²) >= 11 is 2.11. The standard InChI is InChI=1S/C20H14BrF2NO/c21-20(22,23)19(25)15-11-13-18(14-12-15)24(16-7-3-1-4-8-16)17-9-5-2-6-10-17/h1-14H. The summed E-state index contributed by atoms with van der Waals surface area (Å²) in [6, 6.07) is 25.5. The number of carbonyl (C=O) groups excluding carboxylic acids is 1. The number of halogens is 3. The highest BCUT2D eigenvalue weighted by Crippen LogP contribution is 2.35. The van der Waals surface area contributed by atoms with Crippen molar-refractivity contribution in [3.63, 3.8) is 0 Å². The van der Waals surface area contributed by atoms with Gasteiger partial charge in [0.05, 0.1) is 0 Å². The van der Waals surface area contributed by atoms with Gasteiger partial charge in [0.2, 0.25) is 5.78 Å². The first-order valence-electron chi connectivity index (χ1n) is 7.58. The first kappa shape index (κ1) is 17.3. The van der Waals surface area contributed by atoms with E-state index in [2.05, 4.69) is 15.9 Å². The van der Waals surface area contributed by atoms with E-state index < -0.39 is 10.6 Å². The van der Waals surface area contributed by atoms with Crippen molar-refractivity contribution < 1.29 is 13.6 Å². The Morgan fingerprint density at radius 2 is 1.12 bits per heavy atom. The lowest BCUT2D eigenvalue weighted by atomic mass is 10.1. The average molecular weight is 402 g/mol. The van der Waals surface area contributed by atoms with Crippen LogP contribution in [0.1, 0.15) is 10.4 Å². The minimum atomic E-state index is -3.56. The summed E-state index contributed by atoms with van der Waals surface area (Å²) in [5.41, 5.74) is 2.58. The van der Waals surface area contributed by atoms with Crippen LogP contribution >= 0.6 is 15.9 Å². The second-order valence-corrected chi connectivity index (χ2v) is 6.38. The molecule has 0 atom stereocenters. The van der Waals surface area contributed by atoms with Crippen LogP contribution in [0, 0.1) is 0 Å². The van der Waals surface area contributed by atoms with Gasteiger partial charge in [0.15, 0.2) is 0 Å². The third-order valence-corrected chi connectivity index (χ3v) is 4.03. The number of hydrogen-bond acceptors (Lipinski definition) is 2. The van der Waals surface area contributed by atoms with Crippen molar-refractivity contribution in [1.29, 1.82) is 0 Å². The van der Waals surface area contributed by atoms with E-state index in [0.717, 1.165) is 17.1 Å². The molecule has 3 aromatic rings. The fourth-order valence-electron chi connectivity index (χ4n) is 2.53. The Morgan fingerprint density at radius 1 is 0.720 bits per heavy atom. The minimum absolute atomic E-state index is 0.0494. The molecule has 0 unspecified atom stereocenters. The highest BCUT2D eigenvalue weighted by Gasteiger charge is 2.35. The van der Waals surface area contributed by atoms with E-state index in [0.29, 0.717) is 0 Å². The smallest absolute Gasteiger partial charge is 0.311 e. The molecule has 0 aromatic heterocycles. The number of hydrogen-bond donors (Lipinski definition) is 0. The molecule has 0 spiro atoms. The Balaban J connectivity index is 2.02. The van der Waals surface area contributed by atoms with E-state index in [1.165, 1.54) is 12.1 Å². The summed E-state index contributed by atoms with van der Waals surface area (Å²) in [4.78, 5) is 10.1. The molecule has 126 valence electrons. The van der Waals surface area contributed by atoms with Crippen molar-refractivity contribution in [2.24, 2.45) is 0 Å². The zero-order chi connectivity index (χ0) is 17.9. The first-order chi connectivity index (χ1) is 12.0. The van der Waals surface area contributed by atoms with Gasteiger partial charge in [0.1, 0.15) is 0 Å². The van der Waals surface area contributed by atoms with Gasteiger partial charge in [-0.25, -0.2) is 0 Å². The molecule has 0 radical (unpaired) electrons. The maximum Gasteiger partial charge on any atom is 0.363 e. The summed E-state index contributed by atoms with van der Waals surface area (Å²) in [5.74, 6) is -1.26. The van der Waals surface area contributed by atoms with Crippen molar-refractivity contribution >= 4 is 38.8 Å². The van der Waals surface area contributed by atoms with E-state index in [-0.39, 0.29) is 5.56 Å². The van der Waals surface area contributed by atoms with Crippen molar-refractivity contribution in [3.8, 4) is 0 Å². The van der Waals surface area contributed by atoms with Gasteiger partial charge in [-0.15, -0.1) is 0 Å². The Morgan fingerprint density at radius 3 is 1.52 bits per heavy atom. The van der Waals surface area contributed by atoms with Crippen LogP contribution in [0.2, 0.25) is 0 Å². The SMILES string of the molecule is O=C(c1ccc(N(c2ccccc2)c2ccccc2)cc1)C(F)(F)Br. The molecule has 0 saturated heterocycles. The van der Waals surface area contributed by atoms with Crippen LogP contribution in [0.4, 0.5) is 25.8 Å². The molecule has 0 aliphatic carbocycles. The first-order valence-corrected chi connectivity index (χ1v) is 8.38. The normalized spacial score (nSPS) is 11.2. The summed E-state index contributed by atoms with van der Waals surface area (Å²) in [5, 5.41) is 0. The third kappa shape index (κ3) is 3.94. The van der Waals surface area contributed by atoms with E-state index in [1.54, 1.807) is 12.1 Å². The van der Waals surface area contributed by atoms with E-state index in [9.17, 15) is 13.6 Å². The molecule has 0 bridgehead atoms. The fourth-order valence-corrected chi connectivity index (χ4v) is 2.76. The number of rotatable bonds is 5. The Bertz CT molecular complexity index is 807. The monoisotopic (exact) mass is 401 g/mol. The predicted octanol–water partition coefficient (Wildman–Crippen LogP) is 6.33. The van der Waals surface area contributed by atoms with E-state index in [1.807, 2.05) is 65.6 Å². The third-order valence-electron chi connectivity index (χ3n) is 3.67. The summed E-state index contributed by atoms with van der Waals surface area (Å²) in [7, 11) is 0. The van der Waals surface area contributed by atoms with Gasteiger partial charge in [-0.1, -0.05) is 36.4 Å². The van der Waals surface area contributed by atoms with Crippen molar-refractivity contribution in [2.45, 2.75) is 4.83 Å². The quantitative estimate of drug-likeness (QED) is 0.367. The van der Waals surface area contributed by atoms with Crippen LogP contribution in [-0.4, -0.2) is 10.6 Å². The largest absolute Gasteiger partial charge is 0.363 e. The van der Waals surface area contributed by atoms with Crippen LogP contribution in [0.15, 0.2) is 84.9 Å². The van der Waals surface area contributed by atoms with E-state index >= 15 is 0 Å². The van der Waals surface area contributed by atoms with Gasteiger partial charge in [-0.3, -0.25) is 4.79 Å².